The molecule has 4 unspecified atom stereocenters. The van der Waals surface area contributed by atoms with Gasteiger partial charge in [0.15, 0.2) is 11.5 Å². The quantitative estimate of drug-likeness (QED) is 0.718. The van der Waals surface area contributed by atoms with Gasteiger partial charge in [-0.15, -0.1) is 0 Å². The van der Waals surface area contributed by atoms with Crippen LogP contribution in [0, 0.1) is 5.92 Å². The zero-order valence-electron chi connectivity index (χ0n) is 14.8. The molecule has 26 heavy (non-hydrogen) atoms. The Kier molecular flexibility index (Phi) is 5.78. The summed E-state index contributed by atoms with van der Waals surface area (Å²) in [6.07, 6.45) is 6.43. The van der Waals surface area contributed by atoms with Gasteiger partial charge in [0.1, 0.15) is 12.2 Å². The molecular formula is C20H24O6. The van der Waals surface area contributed by atoms with E-state index in [1.165, 1.54) is 7.11 Å². The van der Waals surface area contributed by atoms with Gasteiger partial charge in [-0.2, -0.15) is 0 Å². The third-order valence-corrected chi connectivity index (χ3v) is 4.82. The van der Waals surface area contributed by atoms with Gasteiger partial charge in [0, 0.05) is 13.0 Å². The number of ether oxygens (including phenoxy) is 3. The molecule has 0 saturated carbocycles. The van der Waals surface area contributed by atoms with Crippen LogP contribution in [0.15, 0.2) is 53.6 Å². The number of benzene rings is 1. The van der Waals surface area contributed by atoms with Crippen LogP contribution >= 0.6 is 0 Å². The van der Waals surface area contributed by atoms with Crippen molar-refractivity contribution in [2.24, 2.45) is 5.92 Å². The molecule has 0 radical (unpaired) electrons. The number of fused-ring (bicyclic) bond motifs is 1. The first-order valence-corrected chi connectivity index (χ1v) is 8.49. The fourth-order valence-electron chi connectivity index (χ4n) is 3.56. The van der Waals surface area contributed by atoms with Gasteiger partial charge in [0.25, 0.3) is 0 Å². The molecule has 1 aromatic carbocycles. The third kappa shape index (κ3) is 3.41. The lowest BCUT2D eigenvalue weighted by Gasteiger charge is -2.25. The van der Waals surface area contributed by atoms with Gasteiger partial charge in [0.05, 0.1) is 26.4 Å². The molecule has 1 fully saturated rings. The standard InChI is InChI=1S/C20H24O6/c1-24-17-10-13(5-6-16(17)23)19-15(11-22)14-8-12(4-3-7-21)9-18(25-2)20(14)26-19/h3-6,8-10,15,18-23H,7,11H2,1-2H3. The minimum atomic E-state index is -0.377. The van der Waals surface area contributed by atoms with Gasteiger partial charge in [-0.25, -0.2) is 0 Å². The lowest BCUT2D eigenvalue weighted by atomic mass is 9.84. The van der Waals surface area contributed by atoms with Gasteiger partial charge in [-0.3, -0.25) is 0 Å². The molecule has 4 atom stereocenters. The van der Waals surface area contributed by atoms with Crippen molar-refractivity contribution >= 4 is 0 Å². The maximum atomic E-state index is 10.0. The molecule has 2 aliphatic rings. The zero-order valence-corrected chi connectivity index (χ0v) is 14.8. The Bertz CT molecular complexity index is 736. The van der Waals surface area contributed by atoms with Crippen molar-refractivity contribution in [1.29, 1.82) is 0 Å². The Morgan fingerprint density at radius 2 is 2.00 bits per heavy atom. The van der Waals surface area contributed by atoms with Crippen LogP contribution in [-0.2, 0) is 9.47 Å². The normalized spacial score (nSPS) is 28.0. The van der Waals surface area contributed by atoms with Crippen LogP contribution in [0.3, 0.4) is 0 Å². The van der Waals surface area contributed by atoms with Crippen LogP contribution in [0.5, 0.6) is 11.5 Å². The summed E-state index contributed by atoms with van der Waals surface area (Å²) in [4.78, 5) is 0. The van der Waals surface area contributed by atoms with E-state index in [4.69, 9.17) is 19.3 Å². The van der Waals surface area contributed by atoms with E-state index < -0.39 is 0 Å². The minimum Gasteiger partial charge on any atom is -0.504 e. The van der Waals surface area contributed by atoms with E-state index in [0.717, 1.165) is 16.7 Å². The molecule has 3 rings (SSSR count). The highest BCUT2D eigenvalue weighted by Gasteiger charge is 2.45. The van der Waals surface area contributed by atoms with Gasteiger partial charge in [0.2, 0.25) is 0 Å². The molecule has 0 bridgehead atoms. The van der Waals surface area contributed by atoms with E-state index in [1.807, 2.05) is 18.2 Å². The molecule has 1 saturated heterocycles. The first-order valence-electron chi connectivity index (χ1n) is 8.49. The SMILES string of the molecule is COc1cc(C2OC3C(=CC(C=CCO)=CC3OC)C2CO)ccc1O. The number of aliphatic hydroxyl groups excluding tert-OH is 2. The predicted octanol–water partition coefficient (Wildman–Crippen LogP) is 1.88. The van der Waals surface area contributed by atoms with Crippen molar-refractivity contribution in [3.63, 3.8) is 0 Å². The molecule has 3 N–H and O–H groups in total. The first-order chi connectivity index (χ1) is 12.6. The largest absolute Gasteiger partial charge is 0.504 e. The van der Waals surface area contributed by atoms with Gasteiger partial charge >= 0.3 is 0 Å². The average molecular weight is 360 g/mol. The number of phenols is 1. The van der Waals surface area contributed by atoms with Crippen LogP contribution in [0.2, 0.25) is 0 Å². The number of methoxy groups -OCH3 is 2. The number of aliphatic hydroxyl groups is 2. The maximum Gasteiger partial charge on any atom is 0.160 e. The van der Waals surface area contributed by atoms with Crippen LogP contribution < -0.4 is 4.74 Å². The second-order valence-corrected chi connectivity index (χ2v) is 6.29. The van der Waals surface area contributed by atoms with Crippen molar-refractivity contribution in [3.8, 4) is 11.5 Å². The number of rotatable bonds is 6. The van der Waals surface area contributed by atoms with Gasteiger partial charge in [-0.05, 0) is 34.9 Å². The summed E-state index contributed by atoms with van der Waals surface area (Å²) in [5, 5.41) is 28.8. The fourth-order valence-corrected chi connectivity index (χ4v) is 3.56. The topological polar surface area (TPSA) is 88.4 Å². The van der Waals surface area contributed by atoms with Crippen molar-refractivity contribution < 1.29 is 29.5 Å². The van der Waals surface area contributed by atoms with Crippen molar-refractivity contribution in [1.82, 2.24) is 0 Å². The lowest BCUT2D eigenvalue weighted by Crippen LogP contribution is -2.30. The summed E-state index contributed by atoms with van der Waals surface area (Å²) in [6.45, 7) is -0.124. The van der Waals surface area contributed by atoms with E-state index >= 15 is 0 Å². The molecule has 0 amide bonds. The number of aromatic hydroxyl groups is 1. The summed E-state index contributed by atoms with van der Waals surface area (Å²) >= 11 is 0. The van der Waals surface area contributed by atoms with E-state index in [0.29, 0.717) is 5.75 Å². The van der Waals surface area contributed by atoms with E-state index in [9.17, 15) is 10.2 Å². The highest BCUT2D eigenvalue weighted by Crippen LogP contribution is 2.47. The Balaban J connectivity index is 1.96. The fraction of sp³-hybridized carbons (Fsp3) is 0.400. The van der Waals surface area contributed by atoms with Crippen LogP contribution in [0.25, 0.3) is 0 Å². The highest BCUT2D eigenvalue weighted by atomic mass is 16.5. The molecule has 6 nitrogen and oxygen atoms in total. The molecule has 1 aliphatic carbocycles. The number of phenolic OH excluding ortho intramolecular Hbond substituents is 1. The van der Waals surface area contributed by atoms with E-state index in [-0.39, 0.29) is 43.2 Å². The third-order valence-electron chi connectivity index (χ3n) is 4.82. The average Bonchev–Trinajstić information content (AvgIpc) is 3.04. The Labute approximate surface area is 152 Å². The number of allylic oxidation sites excluding steroid dienone is 3. The zero-order chi connectivity index (χ0) is 18.7. The minimum absolute atomic E-state index is 0.0442. The van der Waals surface area contributed by atoms with Crippen molar-refractivity contribution in [2.75, 3.05) is 27.4 Å². The molecular weight excluding hydrogens is 336 g/mol. The number of hydrogen-bond acceptors (Lipinski definition) is 6. The Hall–Kier alpha value is -2.12. The summed E-state index contributed by atoms with van der Waals surface area (Å²) in [5.41, 5.74) is 2.68. The monoisotopic (exact) mass is 360 g/mol. The Morgan fingerprint density at radius 1 is 1.19 bits per heavy atom. The van der Waals surface area contributed by atoms with Crippen molar-refractivity contribution in [3.05, 3.63) is 59.2 Å². The van der Waals surface area contributed by atoms with Gasteiger partial charge < -0.3 is 29.5 Å². The maximum absolute atomic E-state index is 10.0. The van der Waals surface area contributed by atoms with E-state index in [1.54, 1.807) is 31.4 Å². The molecule has 140 valence electrons. The van der Waals surface area contributed by atoms with Crippen LogP contribution in [-0.4, -0.2) is 55.0 Å². The highest BCUT2D eigenvalue weighted by molar-refractivity contribution is 5.47. The first kappa shape index (κ1) is 18.7. The van der Waals surface area contributed by atoms with E-state index in [2.05, 4.69) is 0 Å². The predicted molar refractivity (Wildman–Crippen MR) is 96.0 cm³/mol. The molecule has 6 heteroatoms. The van der Waals surface area contributed by atoms with Crippen molar-refractivity contribution in [2.45, 2.75) is 18.3 Å². The smallest absolute Gasteiger partial charge is 0.160 e. The number of hydrogen-bond donors (Lipinski definition) is 3. The lowest BCUT2D eigenvalue weighted by molar-refractivity contribution is -0.0337. The molecule has 1 aliphatic heterocycles. The van der Waals surface area contributed by atoms with Crippen LogP contribution in [0.4, 0.5) is 0 Å². The second kappa shape index (κ2) is 8.05. The summed E-state index contributed by atoms with van der Waals surface area (Å²) in [5.74, 6) is 0.178. The summed E-state index contributed by atoms with van der Waals surface area (Å²) in [6, 6.07) is 5.05. The molecule has 0 spiro atoms. The summed E-state index contributed by atoms with van der Waals surface area (Å²) in [7, 11) is 3.11. The second-order valence-electron chi connectivity index (χ2n) is 6.29. The van der Waals surface area contributed by atoms with Gasteiger partial charge in [-0.1, -0.05) is 24.3 Å². The van der Waals surface area contributed by atoms with Crippen LogP contribution in [0.1, 0.15) is 11.7 Å². The molecule has 1 heterocycles. The Morgan fingerprint density at radius 3 is 2.65 bits per heavy atom. The molecule has 1 aromatic rings. The molecule has 0 aromatic heterocycles. The summed E-state index contributed by atoms with van der Waals surface area (Å²) < 4.78 is 17.0.